The van der Waals surface area contributed by atoms with Gasteiger partial charge < -0.3 is 10.4 Å². The Hall–Kier alpha value is -2.62. The highest BCUT2D eigenvalue weighted by Crippen LogP contribution is 2.12. The Bertz CT molecular complexity index is 620. The molecule has 0 fully saturated rings. The fraction of sp³-hybridized carbons (Fsp3) is 0.176. The maximum absolute atomic E-state index is 12.1. The Balaban J connectivity index is 2.07. The van der Waals surface area contributed by atoms with Crippen LogP contribution in [0.5, 0.6) is 5.75 Å². The van der Waals surface area contributed by atoms with Crippen LogP contribution in [0.4, 0.5) is 0 Å². The van der Waals surface area contributed by atoms with Crippen molar-refractivity contribution in [3.63, 3.8) is 0 Å². The molecule has 0 unspecified atom stereocenters. The van der Waals surface area contributed by atoms with Crippen molar-refractivity contribution in [1.82, 2.24) is 5.32 Å². The van der Waals surface area contributed by atoms with Crippen LogP contribution in [0, 0.1) is 0 Å². The quantitative estimate of drug-likeness (QED) is 0.885. The van der Waals surface area contributed by atoms with E-state index in [1.807, 2.05) is 6.07 Å². The number of rotatable bonds is 5. The molecule has 2 rings (SSSR count). The summed E-state index contributed by atoms with van der Waals surface area (Å²) in [6, 6.07) is 14.8. The second-order valence-electron chi connectivity index (χ2n) is 4.87. The lowest BCUT2D eigenvalue weighted by atomic mass is 10.0. The van der Waals surface area contributed by atoms with Crippen LogP contribution in [0.25, 0.3) is 0 Å². The van der Waals surface area contributed by atoms with Crippen molar-refractivity contribution in [3.8, 4) is 5.75 Å². The molecule has 21 heavy (non-hydrogen) atoms. The van der Waals surface area contributed by atoms with Gasteiger partial charge in [0.15, 0.2) is 5.78 Å². The predicted molar refractivity (Wildman–Crippen MR) is 80.2 cm³/mol. The van der Waals surface area contributed by atoms with Crippen LogP contribution in [-0.4, -0.2) is 22.8 Å². The van der Waals surface area contributed by atoms with Gasteiger partial charge in [-0.2, -0.15) is 0 Å². The van der Waals surface area contributed by atoms with Gasteiger partial charge in [0.25, 0.3) is 5.91 Å². The molecule has 2 aromatic carbocycles. The second-order valence-corrected chi connectivity index (χ2v) is 4.87. The first-order valence-corrected chi connectivity index (χ1v) is 6.70. The topological polar surface area (TPSA) is 66.4 Å². The van der Waals surface area contributed by atoms with Gasteiger partial charge in [0.1, 0.15) is 5.75 Å². The summed E-state index contributed by atoms with van der Waals surface area (Å²) in [6.07, 6.45) is 0.397. The average molecular weight is 283 g/mol. The van der Waals surface area contributed by atoms with Crippen LogP contribution in [0.15, 0.2) is 54.6 Å². The van der Waals surface area contributed by atoms with E-state index in [-0.39, 0.29) is 17.4 Å². The number of phenols is 1. The van der Waals surface area contributed by atoms with Crippen molar-refractivity contribution in [3.05, 3.63) is 65.7 Å². The molecule has 0 saturated carbocycles. The molecule has 2 aromatic rings. The lowest BCUT2D eigenvalue weighted by molar-refractivity contribution is -0.118. The summed E-state index contributed by atoms with van der Waals surface area (Å²) in [5.41, 5.74) is 1.40. The average Bonchev–Trinajstić information content (AvgIpc) is 2.49. The molecule has 4 heteroatoms. The van der Waals surface area contributed by atoms with Gasteiger partial charge in [0.05, 0.1) is 6.04 Å². The van der Waals surface area contributed by atoms with E-state index in [1.54, 1.807) is 48.5 Å². The minimum atomic E-state index is -0.581. The fourth-order valence-corrected chi connectivity index (χ4v) is 2.00. The zero-order valence-electron chi connectivity index (χ0n) is 11.7. The molecule has 0 aliphatic heterocycles. The number of hydrogen-bond acceptors (Lipinski definition) is 3. The number of Topliss-reactive ketones (excluding diaryl/α,β-unsaturated/α-hetero) is 1. The third-order valence-corrected chi connectivity index (χ3v) is 3.21. The van der Waals surface area contributed by atoms with Gasteiger partial charge >= 0.3 is 0 Å². The van der Waals surface area contributed by atoms with Crippen LogP contribution in [-0.2, 0) is 11.2 Å². The lowest BCUT2D eigenvalue weighted by Crippen LogP contribution is -2.41. The molecule has 1 atom stereocenters. The molecular formula is C17H17NO3. The van der Waals surface area contributed by atoms with Crippen LogP contribution >= 0.6 is 0 Å². The monoisotopic (exact) mass is 283 g/mol. The van der Waals surface area contributed by atoms with E-state index in [4.69, 9.17) is 0 Å². The third-order valence-electron chi connectivity index (χ3n) is 3.21. The summed E-state index contributed by atoms with van der Waals surface area (Å²) < 4.78 is 0. The van der Waals surface area contributed by atoms with E-state index >= 15 is 0 Å². The molecule has 0 radical (unpaired) electrons. The van der Waals surface area contributed by atoms with Gasteiger partial charge in [0, 0.05) is 5.56 Å². The number of benzene rings is 2. The van der Waals surface area contributed by atoms with E-state index < -0.39 is 6.04 Å². The van der Waals surface area contributed by atoms with Gasteiger partial charge in [-0.25, -0.2) is 0 Å². The molecule has 4 nitrogen and oxygen atoms in total. The van der Waals surface area contributed by atoms with Crippen molar-refractivity contribution in [1.29, 1.82) is 0 Å². The van der Waals surface area contributed by atoms with E-state index in [0.29, 0.717) is 12.0 Å². The smallest absolute Gasteiger partial charge is 0.251 e. The minimum Gasteiger partial charge on any atom is -0.508 e. The van der Waals surface area contributed by atoms with Gasteiger partial charge in [-0.05, 0) is 43.2 Å². The van der Waals surface area contributed by atoms with E-state index in [9.17, 15) is 14.7 Å². The Kier molecular flexibility index (Phi) is 4.72. The van der Waals surface area contributed by atoms with Gasteiger partial charge in [-0.1, -0.05) is 30.3 Å². The number of nitrogens with one attached hydrogen (secondary N) is 1. The number of carbonyl (C=O) groups is 2. The van der Waals surface area contributed by atoms with Crippen molar-refractivity contribution in [2.24, 2.45) is 0 Å². The Morgan fingerprint density at radius 3 is 2.24 bits per heavy atom. The summed E-state index contributed by atoms with van der Waals surface area (Å²) in [5, 5.41) is 12.0. The van der Waals surface area contributed by atoms with Gasteiger partial charge in [0.2, 0.25) is 0 Å². The fourth-order valence-electron chi connectivity index (χ4n) is 2.00. The molecule has 0 bridgehead atoms. The summed E-state index contributed by atoms with van der Waals surface area (Å²) in [4.78, 5) is 23.8. The van der Waals surface area contributed by atoms with E-state index in [1.165, 1.54) is 6.92 Å². The summed E-state index contributed by atoms with van der Waals surface area (Å²) in [7, 11) is 0. The lowest BCUT2D eigenvalue weighted by Gasteiger charge is -2.16. The van der Waals surface area contributed by atoms with E-state index in [0.717, 1.165) is 5.56 Å². The molecule has 0 spiro atoms. The Labute approximate surface area is 123 Å². The normalized spacial score (nSPS) is 11.7. The largest absolute Gasteiger partial charge is 0.508 e. The number of phenolic OH excluding ortho intramolecular Hbond substituents is 1. The third kappa shape index (κ3) is 4.18. The first kappa shape index (κ1) is 14.8. The van der Waals surface area contributed by atoms with Crippen molar-refractivity contribution in [2.75, 3.05) is 0 Å². The second kappa shape index (κ2) is 6.70. The highest BCUT2D eigenvalue weighted by Gasteiger charge is 2.18. The molecule has 0 aromatic heterocycles. The molecule has 0 aliphatic rings. The summed E-state index contributed by atoms with van der Waals surface area (Å²) >= 11 is 0. The van der Waals surface area contributed by atoms with Crippen molar-refractivity contribution >= 4 is 11.7 Å². The molecule has 108 valence electrons. The maximum Gasteiger partial charge on any atom is 0.251 e. The highest BCUT2D eigenvalue weighted by atomic mass is 16.3. The van der Waals surface area contributed by atoms with Gasteiger partial charge in [-0.15, -0.1) is 0 Å². The number of carbonyl (C=O) groups excluding carboxylic acids is 2. The zero-order chi connectivity index (χ0) is 15.2. The summed E-state index contributed by atoms with van der Waals surface area (Å²) in [5.74, 6) is -0.201. The first-order valence-electron chi connectivity index (χ1n) is 6.70. The molecular weight excluding hydrogens is 266 g/mol. The minimum absolute atomic E-state index is 0.104. The Morgan fingerprint density at radius 1 is 1.05 bits per heavy atom. The number of amides is 1. The molecule has 0 saturated heterocycles. The van der Waals surface area contributed by atoms with Crippen LogP contribution in [0.3, 0.4) is 0 Å². The number of hydrogen-bond donors (Lipinski definition) is 2. The van der Waals surface area contributed by atoms with Crippen molar-refractivity contribution in [2.45, 2.75) is 19.4 Å². The highest BCUT2D eigenvalue weighted by molar-refractivity contribution is 5.97. The SMILES string of the molecule is CC(=O)[C@H](Cc1ccc(O)cc1)NC(=O)c1ccccc1. The Morgan fingerprint density at radius 2 is 1.67 bits per heavy atom. The molecule has 0 aliphatic carbocycles. The number of aromatic hydroxyl groups is 1. The molecule has 1 amide bonds. The molecule has 0 heterocycles. The molecule has 2 N–H and O–H groups in total. The van der Waals surface area contributed by atoms with Gasteiger partial charge in [-0.3, -0.25) is 9.59 Å². The van der Waals surface area contributed by atoms with E-state index in [2.05, 4.69) is 5.32 Å². The maximum atomic E-state index is 12.1. The first-order chi connectivity index (χ1) is 10.1. The standard InChI is InChI=1S/C17H17NO3/c1-12(19)16(11-13-7-9-15(20)10-8-13)18-17(21)14-5-3-2-4-6-14/h2-10,16,20H,11H2,1H3,(H,18,21)/t16-/m0/s1. The number of ketones is 1. The van der Waals surface area contributed by atoms with Crippen LogP contribution in [0.2, 0.25) is 0 Å². The predicted octanol–water partition coefficient (Wildman–Crippen LogP) is 2.32. The van der Waals surface area contributed by atoms with Crippen LogP contribution in [0.1, 0.15) is 22.8 Å². The van der Waals surface area contributed by atoms with Crippen LogP contribution < -0.4 is 5.32 Å². The van der Waals surface area contributed by atoms with Crippen molar-refractivity contribution < 1.29 is 14.7 Å². The summed E-state index contributed by atoms with van der Waals surface area (Å²) in [6.45, 7) is 1.45. The zero-order valence-corrected chi connectivity index (χ0v) is 11.7.